The van der Waals surface area contributed by atoms with Crippen LogP contribution in [0.1, 0.15) is 48.0 Å². The van der Waals surface area contributed by atoms with Crippen LogP contribution >= 0.6 is 23.2 Å². The smallest absolute Gasteiger partial charge is 0.352 e. The molecule has 0 bridgehead atoms. The van der Waals surface area contributed by atoms with Crippen molar-refractivity contribution < 1.29 is 18.0 Å². The van der Waals surface area contributed by atoms with E-state index < -0.39 is 23.2 Å². The fourth-order valence-corrected chi connectivity index (χ4v) is 3.85. The van der Waals surface area contributed by atoms with Gasteiger partial charge in [-0.3, -0.25) is 4.79 Å². The second kappa shape index (κ2) is 9.22. The van der Waals surface area contributed by atoms with Gasteiger partial charge in [0.1, 0.15) is 5.82 Å². The fraction of sp³-hybridized carbons (Fsp3) is 0.400. The second-order valence-electron chi connectivity index (χ2n) is 7.08. The number of nitrogens with zero attached hydrogens (tertiary/aromatic N) is 1. The lowest BCUT2D eigenvalue weighted by Gasteiger charge is -2.22. The summed E-state index contributed by atoms with van der Waals surface area (Å²) in [5, 5.41) is 5.99. The molecule has 1 aliphatic carbocycles. The lowest BCUT2D eigenvalue weighted by atomic mass is 9.89. The number of benzene rings is 1. The molecule has 1 aliphatic rings. The van der Waals surface area contributed by atoms with Crippen LogP contribution in [-0.4, -0.2) is 17.4 Å². The maximum atomic E-state index is 13.6. The first-order valence-corrected chi connectivity index (χ1v) is 10.1. The zero-order valence-electron chi connectivity index (χ0n) is 15.5. The molecule has 0 unspecified atom stereocenters. The lowest BCUT2D eigenvalue weighted by Crippen LogP contribution is -2.32. The van der Waals surface area contributed by atoms with Crippen LogP contribution in [0.2, 0.25) is 10.0 Å². The first kappa shape index (κ1) is 21.7. The molecule has 0 aliphatic heterocycles. The minimum atomic E-state index is -4.71. The Morgan fingerprint density at radius 3 is 2.52 bits per heavy atom. The van der Waals surface area contributed by atoms with Gasteiger partial charge in [0.15, 0.2) is 0 Å². The topological polar surface area (TPSA) is 54.0 Å². The van der Waals surface area contributed by atoms with Crippen LogP contribution in [0, 0.1) is 5.92 Å². The van der Waals surface area contributed by atoms with Crippen LogP contribution < -0.4 is 10.6 Å². The number of anilines is 2. The van der Waals surface area contributed by atoms with Gasteiger partial charge in [0.25, 0.3) is 5.91 Å². The molecular formula is C20H20Cl2F3N3O. The monoisotopic (exact) mass is 445 g/mol. The van der Waals surface area contributed by atoms with Crippen molar-refractivity contribution in [3.8, 4) is 0 Å². The summed E-state index contributed by atoms with van der Waals surface area (Å²) in [4.78, 5) is 16.4. The van der Waals surface area contributed by atoms with E-state index in [1.807, 2.05) is 0 Å². The Kier molecular flexibility index (Phi) is 6.90. The number of amides is 1. The number of alkyl halides is 3. The third kappa shape index (κ3) is 5.76. The molecule has 1 amide bonds. The molecule has 4 nitrogen and oxygen atoms in total. The summed E-state index contributed by atoms with van der Waals surface area (Å²) in [6.45, 7) is 0.372. The number of pyridine rings is 1. The van der Waals surface area contributed by atoms with Gasteiger partial charge >= 0.3 is 6.18 Å². The molecule has 2 aromatic rings. The van der Waals surface area contributed by atoms with E-state index in [1.54, 1.807) is 6.07 Å². The van der Waals surface area contributed by atoms with E-state index >= 15 is 0 Å². The van der Waals surface area contributed by atoms with E-state index in [2.05, 4.69) is 15.6 Å². The third-order valence-electron chi connectivity index (χ3n) is 4.92. The zero-order valence-corrected chi connectivity index (χ0v) is 17.0. The van der Waals surface area contributed by atoms with Crippen LogP contribution in [0.25, 0.3) is 0 Å². The number of aromatic nitrogens is 1. The largest absolute Gasteiger partial charge is 0.417 e. The highest BCUT2D eigenvalue weighted by atomic mass is 35.5. The molecule has 1 aromatic carbocycles. The van der Waals surface area contributed by atoms with Crippen molar-refractivity contribution in [2.24, 2.45) is 5.92 Å². The van der Waals surface area contributed by atoms with Crippen molar-refractivity contribution in [2.75, 3.05) is 11.9 Å². The van der Waals surface area contributed by atoms with Crippen molar-refractivity contribution >= 4 is 40.6 Å². The Balaban J connectivity index is 1.79. The van der Waals surface area contributed by atoms with Crippen LogP contribution in [0.15, 0.2) is 30.5 Å². The summed E-state index contributed by atoms with van der Waals surface area (Å²) in [6.07, 6.45) is 1.53. The van der Waals surface area contributed by atoms with Crippen molar-refractivity contribution in [1.82, 2.24) is 10.3 Å². The van der Waals surface area contributed by atoms with Gasteiger partial charge < -0.3 is 10.6 Å². The Hall–Kier alpha value is -1.99. The molecule has 0 radical (unpaired) electrons. The molecule has 3 rings (SSSR count). The van der Waals surface area contributed by atoms with Crippen LogP contribution in [0.5, 0.6) is 0 Å². The van der Waals surface area contributed by atoms with Crippen molar-refractivity contribution in [3.05, 3.63) is 51.6 Å². The molecule has 2 N–H and O–H groups in total. The standard InChI is InChI=1S/C20H20Cl2F3N3O/c21-13-6-7-17(16(22)8-13)28-18-9-15(20(23,24)25)14(11-26-18)19(29)27-10-12-4-2-1-3-5-12/h6-9,11-12H,1-5,10H2,(H,26,28)(H,27,29). The molecular weight excluding hydrogens is 426 g/mol. The van der Waals surface area contributed by atoms with Gasteiger partial charge in [-0.2, -0.15) is 13.2 Å². The summed E-state index contributed by atoms with van der Waals surface area (Å²) in [7, 11) is 0. The predicted octanol–water partition coefficient (Wildman–Crippen LogP) is 6.46. The number of rotatable bonds is 5. The average molecular weight is 446 g/mol. The van der Waals surface area contributed by atoms with Gasteiger partial charge in [-0.1, -0.05) is 42.5 Å². The van der Waals surface area contributed by atoms with Gasteiger partial charge in [-0.15, -0.1) is 0 Å². The highest BCUT2D eigenvalue weighted by molar-refractivity contribution is 6.36. The second-order valence-corrected chi connectivity index (χ2v) is 7.92. The zero-order chi connectivity index (χ0) is 21.0. The van der Waals surface area contributed by atoms with Crippen LogP contribution in [-0.2, 0) is 6.18 Å². The average Bonchev–Trinajstić information content (AvgIpc) is 2.68. The Bertz CT molecular complexity index is 884. The Morgan fingerprint density at radius 1 is 1.14 bits per heavy atom. The van der Waals surface area contributed by atoms with Gasteiger partial charge in [-0.25, -0.2) is 4.98 Å². The molecule has 0 saturated heterocycles. The SMILES string of the molecule is O=C(NCC1CCCCC1)c1cnc(Nc2ccc(Cl)cc2Cl)cc1C(F)(F)F. The normalized spacial score (nSPS) is 15.2. The van der Waals surface area contributed by atoms with Gasteiger partial charge in [0.2, 0.25) is 0 Å². The molecule has 156 valence electrons. The highest BCUT2D eigenvalue weighted by Crippen LogP contribution is 2.35. The maximum Gasteiger partial charge on any atom is 0.417 e. The summed E-state index contributed by atoms with van der Waals surface area (Å²) in [5.41, 5.74) is -1.20. The highest BCUT2D eigenvalue weighted by Gasteiger charge is 2.36. The number of carbonyl (C=O) groups excluding carboxylic acids is 1. The van der Waals surface area contributed by atoms with Gasteiger partial charge in [0.05, 0.1) is 21.8 Å². The lowest BCUT2D eigenvalue weighted by molar-refractivity contribution is -0.137. The summed E-state index contributed by atoms with van der Waals surface area (Å²) >= 11 is 11.9. The van der Waals surface area contributed by atoms with E-state index in [1.165, 1.54) is 18.6 Å². The minimum Gasteiger partial charge on any atom is -0.352 e. The van der Waals surface area contributed by atoms with Gasteiger partial charge in [0, 0.05) is 17.8 Å². The van der Waals surface area contributed by atoms with Crippen molar-refractivity contribution in [3.63, 3.8) is 0 Å². The molecule has 0 atom stereocenters. The maximum absolute atomic E-state index is 13.6. The molecule has 1 heterocycles. The Morgan fingerprint density at radius 2 is 1.86 bits per heavy atom. The van der Waals surface area contributed by atoms with E-state index in [0.29, 0.717) is 23.2 Å². The van der Waals surface area contributed by atoms with Gasteiger partial charge in [-0.05, 0) is 43.0 Å². The number of hydrogen-bond acceptors (Lipinski definition) is 3. The number of halogens is 5. The molecule has 1 aromatic heterocycles. The Labute approximate surface area is 176 Å². The minimum absolute atomic E-state index is 0.0784. The molecule has 1 fully saturated rings. The number of carbonyl (C=O) groups is 1. The van der Waals surface area contributed by atoms with Crippen molar-refractivity contribution in [2.45, 2.75) is 38.3 Å². The van der Waals surface area contributed by atoms with E-state index in [4.69, 9.17) is 23.2 Å². The fourth-order valence-electron chi connectivity index (χ4n) is 3.39. The molecule has 9 heteroatoms. The summed E-state index contributed by atoms with van der Waals surface area (Å²) < 4.78 is 40.7. The van der Waals surface area contributed by atoms with Crippen LogP contribution in [0.3, 0.4) is 0 Å². The van der Waals surface area contributed by atoms with E-state index in [0.717, 1.165) is 37.9 Å². The third-order valence-corrected chi connectivity index (χ3v) is 5.47. The number of nitrogens with one attached hydrogen (secondary N) is 2. The summed E-state index contributed by atoms with van der Waals surface area (Å²) in [5.74, 6) is -0.542. The van der Waals surface area contributed by atoms with E-state index in [9.17, 15) is 18.0 Å². The quantitative estimate of drug-likeness (QED) is 0.554. The first-order chi connectivity index (χ1) is 13.7. The van der Waals surface area contributed by atoms with Crippen molar-refractivity contribution in [1.29, 1.82) is 0 Å². The van der Waals surface area contributed by atoms with Crippen LogP contribution in [0.4, 0.5) is 24.7 Å². The van der Waals surface area contributed by atoms with E-state index in [-0.39, 0.29) is 10.8 Å². The first-order valence-electron chi connectivity index (χ1n) is 9.31. The molecule has 29 heavy (non-hydrogen) atoms. The summed E-state index contributed by atoms with van der Waals surface area (Å²) in [6, 6.07) is 5.35. The molecule has 0 spiro atoms. The number of hydrogen-bond donors (Lipinski definition) is 2. The predicted molar refractivity (Wildman–Crippen MR) is 108 cm³/mol. The molecule has 1 saturated carbocycles.